The SMILES string of the molecule is CC(C)Oc1ccc(OCCn2cc(C(=O)C3CC3)c3ccccc32)cc1. The van der Waals surface area contributed by atoms with Crippen LogP contribution in [0.5, 0.6) is 11.5 Å². The van der Waals surface area contributed by atoms with Crippen LogP contribution in [0.2, 0.25) is 0 Å². The van der Waals surface area contributed by atoms with Gasteiger partial charge in [-0.2, -0.15) is 0 Å². The topological polar surface area (TPSA) is 40.5 Å². The van der Waals surface area contributed by atoms with E-state index in [1.165, 1.54) is 0 Å². The zero-order valence-corrected chi connectivity index (χ0v) is 15.9. The third kappa shape index (κ3) is 4.00. The Morgan fingerprint density at radius 1 is 1.07 bits per heavy atom. The molecule has 1 aromatic heterocycles. The van der Waals surface area contributed by atoms with Crippen molar-refractivity contribution in [3.8, 4) is 11.5 Å². The Morgan fingerprint density at radius 2 is 1.78 bits per heavy atom. The van der Waals surface area contributed by atoms with Crippen LogP contribution in [0.4, 0.5) is 0 Å². The molecule has 1 fully saturated rings. The molecule has 0 unspecified atom stereocenters. The second-order valence-electron chi connectivity index (χ2n) is 7.38. The summed E-state index contributed by atoms with van der Waals surface area (Å²) in [7, 11) is 0. The molecule has 0 N–H and O–H groups in total. The van der Waals surface area contributed by atoms with Crippen molar-refractivity contribution in [1.29, 1.82) is 0 Å². The van der Waals surface area contributed by atoms with Crippen LogP contribution in [0.1, 0.15) is 37.0 Å². The summed E-state index contributed by atoms with van der Waals surface area (Å²) in [6.07, 6.45) is 4.20. The lowest BCUT2D eigenvalue weighted by Crippen LogP contribution is -2.08. The van der Waals surface area contributed by atoms with E-state index in [2.05, 4.69) is 10.6 Å². The Labute approximate surface area is 159 Å². The van der Waals surface area contributed by atoms with Crippen molar-refractivity contribution in [3.63, 3.8) is 0 Å². The molecule has 0 amide bonds. The predicted octanol–water partition coefficient (Wildman–Crippen LogP) is 5.10. The first kappa shape index (κ1) is 17.7. The summed E-state index contributed by atoms with van der Waals surface area (Å²) in [5, 5.41) is 1.05. The zero-order valence-electron chi connectivity index (χ0n) is 15.9. The number of hydrogen-bond donors (Lipinski definition) is 0. The molecule has 2 aromatic carbocycles. The average Bonchev–Trinajstić information content (AvgIpc) is 3.45. The van der Waals surface area contributed by atoms with Gasteiger partial charge in [-0.3, -0.25) is 4.79 Å². The fraction of sp³-hybridized carbons (Fsp3) is 0.348. The van der Waals surface area contributed by atoms with Crippen molar-refractivity contribution in [2.75, 3.05) is 6.61 Å². The van der Waals surface area contributed by atoms with Gasteiger partial charge in [-0.1, -0.05) is 18.2 Å². The molecule has 0 spiro atoms. The molecular formula is C23H25NO3. The highest BCUT2D eigenvalue weighted by atomic mass is 16.5. The van der Waals surface area contributed by atoms with Crippen LogP contribution in [0, 0.1) is 5.92 Å². The molecule has 0 radical (unpaired) electrons. The maximum Gasteiger partial charge on any atom is 0.168 e. The van der Waals surface area contributed by atoms with Gasteiger partial charge in [0.1, 0.15) is 18.1 Å². The van der Waals surface area contributed by atoms with Gasteiger partial charge in [0.2, 0.25) is 0 Å². The molecule has 1 aliphatic carbocycles. The Balaban J connectivity index is 1.44. The molecule has 0 aliphatic heterocycles. The van der Waals surface area contributed by atoms with Crippen LogP contribution < -0.4 is 9.47 Å². The number of carbonyl (C=O) groups excluding carboxylic acids is 1. The third-order valence-corrected chi connectivity index (χ3v) is 4.80. The molecule has 1 saturated carbocycles. The summed E-state index contributed by atoms with van der Waals surface area (Å²) in [6.45, 7) is 5.25. The van der Waals surface area contributed by atoms with Crippen molar-refractivity contribution in [2.24, 2.45) is 5.92 Å². The molecule has 0 saturated heterocycles. The predicted molar refractivity (Wildman–Crippen MR) is 107 cm³/mol. The summed E-state index contributed by atoms with van der Waals surface area (Å²) in [5.41, 5.74) is 1.94. The minimum Gasteiger partial charge on any atom is -0.492 e. The smallest absolute Gasteiger partial charge is 0.168 e. The molecular weight excluding hydrogens is 338 g/mol. The van der Waals surface area contributed by atoms with Gasteiger partial charge in [-0.15, -0.1) is 0 Å². The first-order chi connectivity index (χ1) is 13.1. The van der Waals surface area contributed by atoms with Crippen LogP contribution in [0.15, 0.2) is 54.7 Å². The van der Waals surface area contributed by atoms with Crippen LogP contribution in [-0.4, -0.2) is 23.1 Å². The highest BCUT2D eigenvalue weighted by Crippen LogP contribution is 2.35. The van der Waals surface area contributed by atoms with Crippen molar-refractivity contribution < 1.29 is 14.3 Å². The van der Waals surface area contributed by atoms with E-state index in [9.17, 15) is 4.79 Å². The van der Waals surface area contributed by atoms with Gasteiger partial charge in [0.15, 0.2) is 5.78 Å². The Kier molecular flexibility index (Phi) is 4.88. The van der Waals surface area contributed by atoms with Gasteiger partial charge in [-0.05, 0) is 57.0 Å². The quantitative estimate of drug-likeness (QED) is 0.523. The lowest BCUT2D eigenvalue weighted by molar-refractivity contribution is 0.0969. The number of ether oxygens (including phenoxy) is 2. The Morgan fingerprint density at radius 3 is 2.48 bits per heavy atom. The standard InChI is InChI=1S/C23H25NO3/c1-16(2)27-19-11-9-18(10-12-19)26-14-13-24-15-21(23(25)17-7-8-17)20-5-3-4-6-22(20)24/h3-6,9-12,15-17H,7-8,13-14H2,1-2H3. The number of nitrogens with zero attached hydrogens (tertiary/aromatic N) is 1. The summed E-state index contributed by atoms with van der Waals surface area (Å²) in [6, 6.07) is 15.8. The third-order valence-electron chi connectivity index (χ3n) is 4.80. The van der Waals surface area contributed by atoms with E-state index in [0.29, 0.717) is 13.2 Å². The number of ketones is 1. The summed E-state index contributed by atoms with van der Waals surface area (Å²) < 4.78 is 13.7. The normalized spacial score (nSPS) is 13.9. The first-order valence-corrected chi connectivity index (χ1v) is 9.63. The maximum atomic E-state index is 12.6. The van der Waals surface area contributed by atoms with Gasteiger partial charge in [0.25, 0.3) is 0 Å². The van der Waals surface area contributed by atoms with Gasteiger partial charge in [0, 0.05) is 28.6 Å². The maximum absolute atomic E-state index is 12.6. The fourth-order valence-corrected chi connectivity index (χ4v) is 3.34. The molecule has 27 heavy (non-hydrogen) atoms. The number of fused-ring (bicyclic) bond motifs is 1. The molecule has 140 valence electrons. The van der Waals surface area contributed by atoms with Gasteiger partial charge < -0.3 is 14.0 Å². The van der Waals surface area contributed by atoms with Crippen molar-refractivity contribution >= 4 is 16.7 Å². The van der Waals surface area contributed by atoms with E-state index in [1.54, 1.807) is 0 Å². The Hall–Kier alpha value is -2.75. The summed E-state index contributed by atoms with van der Waals surface area (Å²) in [4.78, 5) is 12.6. The van der Waals surface area contributed by atoms with E-state index in [-0.39, 0.29) is 17.8 Å². The number of rotatable bonds is 8. The largest absolute Gasteiger partial charge is 0.492 e. The van der Waals surface area contributed by atoms with E-state index >= 15 is 0 Å². The van der Waals surface area contributed by atoms with Gasteiger partial charge in [-0.25, -0.2) is 0 Å². The number of carbonyl (C=O) groups is 1. The van der Waals surface area contributed by atoms with Crippen molar-refractivity contribution in [2.45, 2.75) is 39.3 Å². The molecule has 1 heterocycles. The number of benzene rings is 2. The highest BCUT2D eigenvalue weighted by Gasteiger charge is 2.32. The molecule has 3 aromatic rings. The second kappa shape index (κ2) is 7.47. The molecule has 4 heteroatoms. The van der Waals surface area contributed by atoms with E-state index in [1.807, 2.05) is 62.5 Å². The van der Waals surface area contributed by atoms with E-state index in [4.69, 9.17) is 9.47 Å². The van der Waals surface area contributed by atoms with Gasteiger partial charge in [0.05, 0.1) is 12.6 Å². The first-order valence-electron chi connectivity index (χ1n) is 9.63. The van der Waals surface area contributed by atoms with Crippen LogP contribution in [-0.2, 0) is 6.54 Å². The summed E-state index contributed by atoms with van der Waals surface area (Å²) >= 11 is 0. The zero-order chi connectivity index (χ0) is 18.8. The van der Waals surface area contributed by atoms with Crippen molar-refractivity contribution in [3.05, 3.63) is 60.3 Å². The molecule has 4 nitrogen and oxygen atoms in total. The number of hydrogen-bond acceptors (Lipinski definition) is 3. The lowest BCUT2D eigenvalue weighted by atomic mass is 10.1. The molecule has 1 aliphatic rings. The average molecular weight is 363 g/mol. The number of aromatic nitrogens is 1. The molecule has 4 rings (SSSR count). The number of para-hydroxylation sites is 1. The van der Waals surface area contributed by atoms with Crippen LogP contribution in [0.3, 0.4) is 0 Å². The minimum absolute atomic E-state index is 0.159. The lowest BCUT2D eigenvalue weighted by Gasteiger charge is -2.11. The monoisotopic (exact) mass is 363 g/mol. The molecule has 0 bridgehead atoms. The van der Waals surface area contributed by atoms with E-state index in [0.717, 1.165) is 40.8 Å². The fourth-order valence-electron chi connectivity index (χ4n) is 3.34. The Bertz CT molecular complexity index is 936. The molecule has 0 atom stereocenters. The minimum atomic E-state index is 0.159. The highest BCUT2D eigenvalue weighted by molar-refractivity contribution is 6.09. The van der Waals surface area contributed by atoms with Crippen LogP contribution >= 0.6 is 0 Å². The van der Waals surface area contributed by atoms with Crippen LogP contribution in [0.25, 0.3) is 10.9 Å². The summed E-state index contributed by atoms with van der Waals surface area (Å²) in [5.74, 6) is 2.17. The second-order valence-corrected chi connectivity index (χ2v) is 7.38. The van der Waals surface area contributed by atoms with E-state index < -0.39 is 0 Å². The van der Waals surface area contributed by atoms with Gasteiger partial charge >= 0.3 is 0 Å². The van der Waals surface area contributed by atoms with Crippen molar-refractivity contribution in [1.82, 2.24) is 4.57 Å². The number of Topliss-reactive ketones (excluding diaryl/α,β-unsaturated/α-hetero) is 1.